The molecule has 1 amide bonds. The van der Waals surface area contributed by atoms with Gasteiger partial charge >= 0.3 is 0 Å². The highest BCUT2D eigenvalue weighted by molar-refractivity contribution is 6.42. The number of aliphatic hydroxyl groups excluding tert-OH is 2. The van der Waals surface area contributed by atoms with Crippen LogP contribution in [0.1, 0.15) is 36.2 Å². The molecule has 23 heavy (non-hydrogen) atoms. The first kappa shape index (κ1) is 19.9. The Bertz CT molecular complexity index is 602. The van der Waals surface area contributed by atoms with Crippen LogP contribution in [0.15, 0.2) is 12.1 Å². The van der Waals surface area contributed by atoms with Crippen LogP contribution >= 0.6 is 23.2 Å². The number of hydrogen-bond acceptors (Lipinski definition) is 4. The average Bonchev–Trinajstić information content (AvgIpc) is 2.49. The molecule has 3 N–H and O–H groups in total. The number of carbonyl (C=O) groups excluding carboxylic acids is 2. The molecular formula is C16H21Cl2NO4. The van der Waals surface area contributed by atoms with Crippen LogP contribution in [0.5, 0.6) is 0 Å². The second-order valence-electron chi connectivity index (χ2n) is 6.09. The van der Waals surface area contributed by atoms with E-state index in [2.05, 4.69) is 5.32 Å². The largest absolute Gasteiger partial charge is 0.396 e. The molecule has 1 atom stereocenters. The van der Waals surface area contributed by atoms with Gasteiger partial charge in [-0.1, -0.05) is 37.0 Å². The molecule has 0 saturated heterocycles. The number of nitrogens with one attached hydrogen (secondary N) is 1. The SMILES string of the molecule is Cc1cc(Cl)c(Cl)cc1C(=O)CCNC(=O)C(O)C(C)(C)CO. The van der Waals surface area contributed by atoms with E-state index in [1.807, 2.05) is 0 Å². The third-order valence-corrected chi connectivity index (χ3v) is 4.34. The highest BCUT2D eigenvalue weighted by Crippen LogP contribution is 2.26. The van der Waals surface area contributed by atoms with Gasteiger partial charge in [0.25, 0.3) is 0 Å². The van der Waals surface area contributed by atoms with E-state index in [1.165, 1.54) is 6.07 Å². The molecule has 128 valence electrons. The van der Waals surface area contributed by atoms with Gasteiger partial charge in [-0.25, -0.2) is 0 Å². The minimum absolute atomic E-state index is 0.0663. The van der Waals surface area contributed by atoms with Crippen molar-refractivity contribution in [2.24, 2.45) is 5.41 Å². The predicted octanol–water partition coefficient (Wildman–Crippen LogP) is 2.37. The van der Waals surface area contributed by atoms with E-state index in [0.717, 1.165) is 0 Å². The van der Waals surface area contributed by atoms with Crippen molar-refractivity contribution in [3.05, 3.63) is 33.3 Å². The standard InChI is InChI=1S/C16H21Cl2NO4/c1-9-6-11(17)12(18)7-10(9)13(21)4-5-19-15(23)14(22)16(2,3)8-20/h6-7,14,20,22H,4-5,8H2,1-3H3,(H,19,23). The number of carbonyl (C=O) groups is 2. The van der Waals surface area contributed by atoms with E-state index in [4.69, 9.17) is 28.3 Å². The van der Waals surface area contributed by atoms with E-state index in [0.29, 0.717) is 21.2 Å². The lowest BCUT2D eigenvalue weighted by Crippen LogP contribution is -2.46. The number of aliphatic hydroxyl groups is 2. The average molecular weight is 362 g/mol. The smallest absolute Gasteiger partial charge is 0.249 e. The van der Waals surface area contributed by atoms with E-state index in [9.17, 15) is 14.7 Å². The quantitative estimate of drug-likeness (QED) is 0.650. The number of Topliss-reactive ketones (excluding diaryl/α,β-unsaturated/α-hetero) is 1. The number of benzene rings is 1. The third-order valence-electron chi connectivity index (χ3n) is 3.62. The minimum Gasteiger partial charge on any atom is -0.396 e. The van der Waals surface area contributed by atoms with Gasteiger partial charge in [-0.3, -0.25) is 9.59 Å². The van der Waals surface area contributed by atoms with Gasteiger partial charge in [0, 0.05) is 23.9 Å². The fraction of sp³-hybridized carbons (Fsp3) is 0.500. The zero-order chi connectivity index (χ0) is 17.8. The summed E-state index contributed by atoms with van der Waals surface area (Å²) in [5.41, 5.74) is 0.205. The molecule has 0 radical (unpaired) electrons. The van der Waals surface area contributed by atoms with Crippen LogP contribution in [0.25, 0.3) is 0 Å². The number of hydrogen-bond donors (Lipinski definition) is 3. The first-order valence-electron chi connectivity index (χ1n) is 7.15. The molecule has 5 nitrogen and oxygen atoms in total. The van der Waals surface area contributed by atoms with Gasteiger partial charge in [0.05, 0.1) is 16.7 Å². The lowest BCUT2D eigenvalue weighted by Gasteiger charge is -2.27. The Morgan fingerprint density at radius 1 is 1.26 bits per heavy atom. The van der Waals surface area contributed by atoms with E-state index < -0.39 is 17.4 Å². The Morgan fingerprint density at radius 2 is 1.83 bits per heavy atom. The second-order valence-corrected chi connectivity index (χ2v) is 6.91. The van der Waals surface area contributed by atoms with Crippen LogP contribution in [0, 0.1) is 12.3 Å². The van der Waals surface area contributed by atoms with Gasteiger partial charge in [0.15, 0.2) is 5.78 Å². The Hall–Kier alpha value is -1.14. The van der Waals surface area contributed by atoms with Crippen molar-refractivity contribution in [2.45, 2.75) is 33.3 Å². The zero-order valence-corrected chi connectivity index (χ0v) is 14.8. The molecule has 7 heteroatoms. The van der Waals surface area contributed by atoms with Gasteiger partial charge in [0.1, 0.15) is 6.10 Å². The van der Waals surface area contributed by atoms with Crippen LogP contribution in [-0.4, -0.2) is 41.2 Å². The zero-order valence-electron chi connectivity index (χ0n) is 13.3. The summed E-state index contributed by atoms with van der Waals surface area (Å²) in [6.07, 6.45) is -1.29. The minimum atomic E-state index is -1.35. The predicted molar refractivity (Wildman–Crippen MR) is 90.0 cm³/mol. The fourth-order valence-corrected chi connectivity index (χ4v) is 2.30. The summed E-state index contributed by atoms with van der Waals surface area (Å²) in [5, 5.41) is 22.2. The maximum absolute atomic E-state index is 12.2. The first-order chi connectivity index (χ1) is 10.6. The van der Waals surface area contributed by atoms with Gasteiger partial charge in [0.2, 0.25) is 5.91 Å². The van der Waals surface area contributed by atoms with Crippen LogP contribution < -0.4 is 5.32 Å². The van der Waals surface area contributed by atoms with Crippen molar-refractivity contribution in [3.8, 4) is 0 Å². The maximum atomic E-state index is 12.2. The van der Waals surface area contributed by atoms with Crippen LogP contribution in [0.3, 0.4) is 0 Å². The summed E-state index contributed by atoms with van der Waals surface area (Å²) < 4.78 is 0. The lowest BCUT2D eigenvalue weighted by molar-refractivity contribution is -0.137. The van der Waals surface area contributed by atoms with Gasteiger partial charge in [-0.2, -0.15) is 0 Å². The first-order valence-corrected chi connectivity index (χ1v) is 7.91. The number of amides is 1. The maximum Gasteiger partial charge on any atom is 0.249 e. The molecule has 1 unspecified atom stereocenters. The summed E-state index contributed by atoms with van der Waals surface area (Å²) in [6, 6.07) is 3.12. The van der Waals surface area contributed by atoms with Crippen molar-refractivity contribution in [1.29, 1.82) is 0 Å². The Balaban J connectivity index is 2.61. The molecule has 0 heterocycles. The van der Waals surface area contributed by atoms with E-state index in [-0.39, 0.29) is 25.4 Å². The summed E-state index contributed by atoms with van der Waals surface area (Å²) in [4.78, 5) is 24.0. The number of rotatable bonds is 7. The summed E-state index contributed by atoms with van der Waals surface area (Å²) in [7, 11) is 0. The molecule has 0 aliphatic heterocycles. The topological polar surface area (TPSA) is 86.6 Å². The van der Waals surface area contributed by atoms with Crippen LogP contribution in [-0.2, 0) is 4.79 Å². The molecular weight excluding hydrogens is 341 g/mol. The van der Waals surface area contributed by atoms with Crippen molar-refractivity contribution >= 4 is 34.9 Å². The Labute approximate surface area is 145 Å². The van der Waals surface area contributed by atoms with E-state index in [1.54, 1.807) is 26.8 Å². The molecule has 0 aliphatic carbocycles. The Morgan fingerprint density at radius 3 is 2.39 bits per heavy atom. The second kappa shape index (κ2) is 8.11. The number of ketones is 1. The normalized spacial score (nSPS) is 12.8. The molecule has 0 aromatic heterocycles. The molecule has 1 aromatic carbocycles. The van der Waals surface area contributed by atoms with Gasteiger partial charge in [-0.15, -0.1) is 0 Å². The van der Waals surface area contributed by atoms with Gasteiger partial charge < -0.3 is 15.5 Å². The van der Waals surface area contributed by atoms with Crippen LogP contribution in [0.4, 0.5) is 0 Å². The van der Waals surface area contributed by atoms with Crippen molar-refractivity contribution in [2.75, 3.05) is 13.2 Å². The molecule has 0 aliphatic rings. The Kier molecular flexibility index (Phi) is 7.02. The van der Waals surface area contributed by atoms with Crippen molar-refractivity contribution in [1.82, 2.24) is 5.32 Å². The lowest BCUT2D eigenvalue weighted by atomic mass is 9.87. The third kappa shape index (κ3) is 5.18. The molecule has 0 bridgehead atoms. The summed E-state index contributed by atoms with van der Waals surface area (Å²) >= 11 is 11.8. The molecule has 0 fully saturated rings. The molecule has 0 saturated carbocycles. The molecule has 1 rings (SSSR count). The van der Waals surface area contributed by atoms with Gasteiger partial charge in [-0.05, 0) is 24.6 Å². The number of aryl methyl sites for hydroxylation is 1. The summed E-state index contributed by atoms with van der Waals surface area (Å²) in [5.74, 6) is -0.806. The highest BCUT2D eigenvalue weighted by Gasteiger charge is 2.32. The van der Waals surface area contributed by atoms with Crippen LogP contribution in [0.2, 0.25) is 10.0 Å². The molecule has 1 aromatic rings. The number of halogens is 2. The molecule has 0 spiro atoms. The van der Waals surface area contributed by atoms with E-state index >= 15 is 0 Å². The highest BCUT2D eigenvalue weighted by atomic mass is 35.5. The van der Waals surface area contributed by atoms with Crippen molar-refractivity contribution in [3.63, 3.8) is 0 Å². The summed E-state index contributed by atoms with van der Waals surface area (Å²) in [6.45, 7) is 4.64. The monoisotopic (exact) mass is 361 g/mol. The van der Waals surface area contributed by atoms with Crippen molar-refractivity contribution < 1.29 is 19.8 Å². The fourth-order valence-electron chi connectivity index (χ4n) is 1.92.